The van der Waals surface area contributed by atoms with E-state index in [1.165, 1.54) is 0 Å². The number of carbonyl (C=O) groups is 1. The van der Waals surface area contributed by atoms with Gasteiger partial charge in [-0.15, -0.1) is 0 Å². The molecule has 0 spiro atoms. The summed E-state index contributed by atoms with van der Waals surface area (Å²) in [6, 6.07) is 0. The fraction of sp³-hybridized carbons (Fsp3) is 0.500. The fourth-order valence-corrected chi connectivity index (χ4v) is 0.593. The van der Waals surface area contributed by atoms with Crippen LogP contribution in [0.3, 0.4) is 0 Å². The molecule has 0 rings (SSSR count). The molecule has 3 heteroatoms. The van der Waals surface area contributed by atoms with Crippen molar-refractivity contribution in [3.63, 3.8) is 0 Å². The summed E-state index contributed by atoms with van der Waals surface area (Å²) in [5.41, 5.74) is 0. The molecule has 0 saturated heterocycles. The van der Waals surface area contributed by atoms with Gasteiger partial charge in [-0.2, -0.15) is 0 Å². The molecule has 47 valence electrons. The minimum atomic E-state index is -0.146. The van der Waals surface area contributed by atoms with Crippen molar-refractivity contribution in [2.24, 2.45) is 0 Å². The summed E-state index contributed by atoms with van der Waals surface area (Å²) >= 11 is 0.891. The van der Waals surface area contributed by atoms with Crippen LogP contribution in [0.15, 0.2) is 12.7 Å². The topological polar surface area (TPSA) is 26.3 Å². The molecule has 0 fully saturated rings. The van der Waals surface area contributed by atoms with E-state index in [0.717, 1.165) is 18.3 Å². The van der Waals surface area contributed by atoms with Crippen LogP contribution in [-0.4, -0.2) is 12.6 Å². The van der Waals surface area contributed by atoms with Crippen LogP contribution in [0.5, 0.6) is 0 Å². The molecule has 0 aromatic rings. The Labute approximate surface area is 64.9 Å². The average Bonchev–Trinajstić information content (AvgIpc) is 1.87. The monoisotopic (exact) mass is 177 g/mol. The van der Waals surface area contributed by atoms with Gasteiger partial charge < -0.3 is 0 Å². The van der Waals surface area contributed by atoms with E-state index in [9.17, 15) is 4.79 Å². The summed E-state index contributed by atoms with van der Waals surface area (Å²) in [6.45, 7) is 5.76. The maximum atomic E-state index is 10.7. The van der Waals surface area contributed by atoms with Crippen LogP contribution < -0.4 is 0 Å². The Balaban J connectivity index is 3.58. The molecule has 9 heavy (non-hydrogen) atoms. The van der Waals surface area contributed by atoms with Crippen molar-refractivity contribution in [2.75, 3.05) is 6.61 Å². The third-order valence-electron chi connectivity index (χ3n) is 0.874. The van der Waals surface area contributed by atoms with Gasteiger partial charge in [0.1, 0.15) is 0 Å². The number of hydrogen-bond acceptors (Lipinski definition) is 2. The second-order valence-corrected chi connectivity index (χ2v) is 3.44. The predicted octanol–water partition coefficient (Wildman–Crippen LogP) is 1.07. The van der Waals surface area contributed by atoms with E-state index in [1.807, 2.05) is 0 Å². The molecule has 0 aromatic carbocycles. The average molecular weight is 179 g/mol. The van der Waals surface area contributed by atoms with Crippen molar-refractivity contribution in [1.29, 1.82) is 0 Å². The Bertz CT molecular complexity index is 112. The van der Waals surface area contributed by atoms with Crippen molar-refractivity contribution in [2.45, 2.75) is 11.4 Å². The van der Waals surface area contributed by atoms with Crippen LogP contribution in [0.4, 0.5) is 0 Å². The Morgan fingerprint density at radius 1 is 2.00 bits per heavy atom. The Kier molecular flexibility index (Phi) is 4.60. The molecule has 2 nitrogen and oxygen atoms in total. The number of ether oxygens (including phenoxy) is 1. The second kappa shape index (κ2) is 4.69. The van der Waals surface area contributed by atoms with Crippen molar-refractivity contribution in [3.05, 3.63) is 12.7 Å². The predicted molar refractivity (Wildman–Crippen MR) is 30.6 cm³/mol. The van der Waals surface area contributed by atoms with E-state index in [-0.39, 0.29) is 10.5 Å². The quantitative estimate of drug-likeness (QED) is 0.367. The molecule has 0 aliphatic carbocycles. The molecule has 1 atom stereocenters. The van der Waals surface area contributed by atoms with E-state index < -0.39 is 0 Å². The van der Waals surface area contributed by atoms with E-state index >= 15 is 0 Å². The standard InChI is InChI=1S/C6H9O2.Zn/c1-3-5-6(7)8-4-2;/h3,5H,1,4H2,2H3;. The third kappa shape index (κ3) is 3.42. The van der Waals surface area contributed by atoms with Gasteiger partial charge in [-0.1, -0.05) is 0 Å². The van der Waals surface area contributed by atoms with Crippen molar-refractivity contribution in [3.8, 4) is 0 Å². The first-order chi connectivity index (χ1) is 4.22. The molecule has 0 saturated carbocycles. The van der Waals surface area contributed by atoms with Gasteiger partial charge in [-0.05, 0) is 0 Å². The molecular formula is C6H9O2Zn. The Morgan fingerprint density at radius 2 is 2.56 bits per heavy atom. The fourth-order valence-electron chi connectivity index (χ4n) is 0.346. The van der Waals surface area contributed by atoms with Gasteiger partial charge >= 0.3 is 64.5 Å². The molecule has 0 aromatic heterocycles. The maximum absolute atomic E-state index is 10.7. The van der Waals surface area contributed by atoms with E-state index in [2.05, 4.69) is 6.58 Å². The van der Waals surface area contributed by atoms with Gasteiger partial charge in [0.05, 0.1) is 0 Å². The first-order valence-corrected chi connectivity index (χ1v) is 4.56. The van der Waals surface area contributed by atoms with Gasteiger partial charge in [0, 0.05) is 0 Å². The number of rotatable bonds is 3. The SMILES string of the molecule is C=C[CH]([Zn])C(=O)OCC. The first kappa shape index (κ1) is 8.83. The zero-order chi connectivity index (χ0) is 7.28. The van der Waals surface area contributed by atoms with Crippen molar-refractivity contribution in [1.82, 2.24) is 0 Å². The van der Waals surface area contributed by atoms with E-state index in [1.54, 1.807) is 13.0 Å². The summed E-state index contributed by atoms with van der Waals surface area (Å²) in [6.07, 6.45) is 1.62. The third-order valence-corrected chi connectivity index (χ3v) is 2.27. The van der Waals surface area contributed by atoms with Gasteiger partial charge in [-0.3, -0.25) is 0 Å². The molecule has 1 unspecified atom stereocenters. The van der Waals surface area contributed by atoms with E-state index in [0.29, 0.717) is 6.61 Å². The normalized spacial score (nSPS) is 12.3. The van der Waals surface area contributed by atoms with Crippen molar-refractivity contribution >= 4 is 5.97 Å². The van der Waals surface area contributed by atoms with Crippen LogP contribution >= 0.6 is 0 Å². The molecule has 0 amide bonds. The summed E-state index contributed by atoms with van der Waals surface area (Å²) in [5, 5.41) is 0. The van der Waals surface area contributed by atoms with Crippen LogP contribution in [-0.2, 0) is 27.8 Å². The zero-order valence-electron chi connectivity index (χ0n) is 5.59. The first-order valence-electron chi connectivity index (χ1n) is 2.84. The molecular weight excluding hydrogens is 169 g/mol. The number of esters is 1. The number of hydrogen-bond donors (Lipinski definition) is 0. The zero-order valence-corrected chi connectivity index (χ0v) is 8.56. The number of carbonyl (C=O) groups excluding carboxylic acids is 1. The Morgan fingerprint density at radius 3 is 2.89 bits per heavy atom. The van der Waals surface area contributed by atoms with Gasteiger partial charge in [-0.25, -0.2) is 0 Å². The van der Waals surface area contributed by atoms with Crippen molar-refractivity contribution < 1.29 is 27.8 Å². The molecule has 0 heterocycles. The molecule has 0 N–H and O–H groups in total. The molecule has 0 aliphatic rings. The Hall–Kier alpha value is -0.167. The summed E-state index contributed by atoms with van der Waals surface area (Å²) in [7, 11) is 0. The minimum absolute atomic E-state index is 0.0510. The van der Waals surface area contributed by atoms with Gasteiger partial charge in [0.15, 0.2) is 0 Å². The van der Waals surface area contributed by atoms with Gasteiger partial charge in [0.2, 0.25) is 0 Å². The van der Waals surface area contributed by atoms with Crippen LogP contribution in [0.25, 0.3) is 0 Å². The summed E-state index contributed by atoms with van der Waals surface area (Å²) in [5.74, 6) is -0.146. The second-order valence-electron chi connectivity index (χ2n) is 1.59. The molecule has 0 radical (unpaired) electrons. The summed E-state index contributed by atoms with van der Waals surface area (Å²) < 4.78 is 4.66. The molecule has 0 aliphatic heterocycles. The van der Waals surface area contributed by atoms with Crippen LogP contribution in [0, 0.1) is 0 Å². The summed E-state index contributed by atoms with van der Waals surface area (Å²) in [4.78, 5) is 10.7. The van der Waals surface area contributed by atoms with Crippen LogP contribution in [0.2, 0.25) is 4.51 Å². The molecule has 0 bridgehead atoms. The van der Waals surface area contributed by atoms with Gasteiger partial charge in [0.25, 0.3) is 0 Å². The van der Waals surface area contributed by atoms with E-state index in [4.69, 9.17) is 4.74 Å². The van der Waals surface area contributed by atoms with Crippen LogP contribution in [0.1, 0.15) is 6.92 Å².